The molecular weight excluding hydrogens is 353 g/mol. The Bertz CT molecular complexity index is 765. The molecule has 0 aliphatic carbocycles. The summed E-state index contributed by atoms with van der Waals surface area (Å²) in [5.74, 6) is -0.429. The quantitative estimate of drug-likeness (QED) is 0.865. The maximum Gasteiger partial charge on any atom is 0.416 e. The predicted octanol–water partition coefficient (Wildman–Crippen LogP) is 2.76. The van der Waals surface area contributed by atoms with Gasteiger partial charge in [0.05, 0.1) is 17.7 Å². The third-order valence-electron chi connectivity index (χ3n) is 4.19. The number of aliphatic hydroxyl groups excluding tert-OH is 1. The van der Waals surface area contributed by atoms with Gasteiger partial charge >= 0.3 is 6.18 Å². The lowest BCUT2D eigenvalue weighted by Crippen LogP contribution is -2.39. The summed E-state index contributed by atoms with van der Waals surface area (Å²) in [6.45, 7) is 0.567. The Morgan fingerprint density at radius 3 is 2.46 bits per heavy atom. The van der Waals surface area contributed by atoms with E-state index in [0.29, 0.717) is 31.6 Å². The van der Waals surface area contributed by atoms with Crippen molar-refractivity contribution in [1.29, 1.82) is 0 Å². The fraction of sp³-hybridized carbons (Fsp3) is 0.412. The summed E-state index contributed by atoms with van der Waals surface area (Å²) >= 11 is 0. The Morgan fingerprint density at radius 1 is 1.23 bits per heavy atom. The molecule has 1 fully saturated rings. The summed E-state index contributed by atoms with van der Waals surface area (Å²) in [7, 11) is 0. The van der Waals surface area contributed by atoms with Gasteiger partial charge in [-0.2, -0.15) is 13.2 Å². The van der Waals surface area contributed by atoms with Crippen LogP contribution >= 0.6 is 0 Å². The maximum atomic E-state index is 12.7. The van der Waals surface area contributed by atoms with Gasteiger partial charge in [0.2, 0.25) is 0 Å². The molecule has 3 rings (SSSR count). The second kappa shape index (κ2) is 7.46. The fourth-order valence-electron chi connectivity index (χ4n) is 2.77. The summed E-state index contributed by atoms with van der Waals surface area (Å²) < 4.78 is 48.3. The number of hydrogen-bond acceptors (Lipinski definition) is 5. The van der Waals surface area contributed by atoms with Crippen LogP contribution in [0, 0.1) is 0 Å². The minimum Gasteiger partial charge on any atom is -0.391 e. The first-order chi connectivity index (χ1) is 12.4. The highest BCUT2D eigenvalue weighted by Gasteiger charge is 2.31. The van der Waals surface area contributed by atoms with Crippen LogP contribution in [0.4, 0.5) is 13.2 Å². The van der Waals surface area contributed by atoms with Crippen molar-refractivity contribution in [2.75, 3.05) is 13.2 Å². The first-order valence-corrected chi connectivity index (χ1v) is 8.06. The molecule has 1 aliphatic rings. The molecule has 1 saturated heterocycles. The highest BCUT2D eigenvalue weighted by molar-refractivity contribution is 5.95. The van der Waals surface area contributed by atoms with E-state index in [2.05, 4.69) is 10.5 Å². The number of nitrogens with zero attached hydrogens (tertiary/aromatic N) is 1. The van der Waals surface area contributed by atoms with E-state index in [0.717, 1.165) is 12.1 Å². The van der Waals surface area contributed by atoms with Gasteiger partial charge in [-0.05, 0) is 25.0 Å². The number of halogens is 3. The zero-order chi connectivity index (χ0) is 18.7. The molecule has 6 nitrogen and oxygen atoms in total. The van der Waals surface area contributed by atoms with Crippen LogP contribution in [-0.2, 0) is 17.5 Å². The number of rotatable bonds is 4. The molecule has 1 aromatic carbocycles. The van der Waals surface area contributed by atoms with Gasteiger partial charge in [-0.1, -0.05) is 17.3 Å². The maximum absolute atomic E-state index is 12.7. The Hall–Kier alpha value is -2.39. The molecule has 0 spiro atoms. The summed E-state index contributed by atoms with van der Waals surface area (Å²) in [5.41, 5.74) is -0.452. The van der Waals surface area contributed by atoms with Crippen LogP contribution in [0.3, 0.4) is 0 Å². The molecule has 0 saturated carbocycles. The standard InChI is InChI=1S/C17H17F3N2O4/c18-17(19,20)11-3-1-10(2-4-11)15-13(9-23)14(22-26-15)16(24)21-12-5-7-25-8-6-12/h1-4,12,23H,5-9H2,(H,21,24). The third kappa shape index (κ3) is 3.88. The average Bonchev–Trinajstić information content (AvgIpc) is 3.06. The number of nitrogens with one attached hydrogen (secondary N) is 1. The molecule has 2 heterocycles. The Balaban J connectivity index is 1.82. The fourth-order valence-corrected chi connectivity index (χ4v) is 2.77. The van der Waals surface area contributed by atoms with Gasteiger partial charge < -0.3 is 19.7 Å². The van der Waals surface area contributed by atoms with E-state index in [1.54, 1.807) is 0 Å². The Labute approximate surface area is 146 Å². The summed E-state index contributed by atoms with van der Waals surface area (Å²) in [6, 6.07) is 4.17. The van der Waals surface area contributed by atoms with Crippen molar-refractivity contribution in [2.24, 2.45) is 0 Å². The van der Waals surface area contributed by atoms with Crippen molar-refractivity contribution < 1.29 is 32.3 Å². The largest absolute Gasteiger partial charge is 0.416 e. The number of benzene rings is 1. The van der Waals surface area contributed by atoms with Crippen molar-refractivity contribution in [2.45, 2.75) is 31.7 Å². The molecule has 0 radical (unpaired) electrons. The lowest BCUT2D eigenvalue weighted by molar-refractivity contribution is -0.137. The third-order valence-corrected chi connectivity index (χ3v) is 4.19. The van der Waals surface area contributed by atoms with Crippen LogP contribution in [0.2, 0.25) is 0 Å². The highest BCUT2D eigenvalue weighted by Crippen LogP contribution is 2.32. The average molecular weight is 370 g/mol. The lowest BCUT2D eigenvalue weighted by Gasteiger charge is -2.22. The van der Waals surface area contributed by atoms with Gasteiger partial charge in [-0.3, -0.25) is 4.79 Å². The molecule has 0 atom stereocenters. The van der Waals surface area contributed by atoms with Gasteiger partial charge in [-0.15, -0.1) is 0 Å². The van der Waals surface area contributed by atoms with Crippen molar-refractivity contribution in [3.05, 3.63) is 41.1 Å². The van der Waals surface area contributed by atoms with Crippen molar-refractivity contribution >= 4 is 5.91 Å². The summed E-state index contributed by atoms with van der Waals surface area (Å²) in [4.78, 5) is 12.4. The molecule has 140 valence electrons. The number of alkyl halides is 3. The van der Waals surface area contributed by atoms with Gasteiger partial charge in [-0.25, -0.2) is 0 Å². The number of carbonyl (C=O) groups excluding carboxylic acids is 1. The number of aliphatic hydroxyl groups is 1. The normalized spacial score (nSPS) is 15.8. The molecule has 2 N–H and O–H groups in total. The SMILES string of the molecule is O=C(NC1CCOCC1)c1noc(-c2ccc(C(F)(F)F)cc2)c1CO. The van der Waals surface area contributed by atoms with Crippen LogP contribution in [0.15, 0.2) is 28.8 Å². The number of ether oxygens (including phenoxy) is 1. The molecular formula is C17H17F3N2O4. The van der Waals surface area contributed by atoms with Crippen LogP contribution in [0.1, 0.15) is 34.5 Å². The Kier molecular flexibility index (Phi) is 5.28. The molecule has 2 aromatic rings. The van der Waals surface area contributed by atoms with E-state index < -0.39 is 24.3 Å². The second-order valence-electron chi connectivity index (χ2n) is 5.93. The molecule has 0 unspecified atom stereocenters. The number of hydrogen-bond donors (Lipinski definition) is 2. The zero-order valence-electron chi connectivity index (χ0n) is 13.7. The minimum atomic E-state index is -4.45. The van der Waals surface area contributed by atoms with Crippen LogP contribution < -0.4 is 5.32 Å². The van der Waals surface area contributed by atoms with E-state index in [9.17, 15) is 23.1 Å². The van der Waals surface area contributed by atoms with Crippen molar-refractivity contribution in [3.8, 4) is 11.3 Å². The highest BCUT2D eigenvalue weighted by atomic mass is 19.4. The summed E-state index contributed by atoms with van der Waals surface area (Å²) in [6.07, 6.45) is -3.11. The molecule has 26 heavy (non-hydrogen) atoms. The second-order valence-corrected chi connectivity index (χ2v) is 5.93. The van der Waals surface area contributed by atoms with E-state index in [1.807, 2.05) is 0 Å². The molecule has 1 aliphatic heterocycles. The van der Waals surface area contributed by atoms with E-state index in [-0.39, 0.29) is 23.1 Å². The molecule has 9 heteroatoms. The van der Waals surface area contributed by atoms with Crippen LogP contribution in [0.5, 0.6) is 0 Å². The first-order valence-electron chi connectivity index (χ1n) is 8.06. The minimum absolute atomic E-state index is 0.0611. The molecule has 1 aromatic heterocycles. The van der Waals surface area contributed by atoms with Gasteiger partial charge in [0.25, 0.3) is 5.91 Å². The van der Waals surface area contributed by atoms with E-state index >= 15 is 0 Å². The Morgan fingerprint density at radius 2 is 1.88 bits per heavy atom. The van der Waals surface area contributed by atoms with Crippen LogP contribution in [0.25, 0.3) is 11.3 Å². The number of carbonyl (C=O) groups is 1. The summed E-state index contributed by atoms with van der Waals surface area (Å²) in [5, 5.41) is 16.1. The van der Waals surface area contributed by atoms with E-state index in [4.69, 9.17) is 9.26 Å². The van der Waals surface area contributed by atoms with Gasteiger partial charge in [0.1, 0.15) is 0 Å². The van der Waals surface area contributed by atoms with Gasteiger partial charge in [0.15, 0.2) is 11.5 Å². The lowest BCUT2D eigenvalue weighted by atomic mass is 10.0. The number of amides is 1. The monoisotopic (exact) mass is 370 g/mol. The molecule has 1 amide bonds. The zero-order valence-corrected chi connectivity index (χ0v) is 13.7. The number of aromatic nitrogens is 1. The smallest absolute Gasteiger partial charge is 0.391 e. The van der Waals surface area contributed by atoms with Crippen molar-refractivity contribution in [3.63, 3.8) is 0 Å². The van der Waals surface area contributed by atoms with Gasteiger partial charge in [0, 0.05) is 24.8 Å². The predicted molar refractivity (Wildman–Crippen MR) is 84.2 cm³/mol. The van der Waals surface area contributed by atoms with Crippen molar-refractivity contribution in [1.82, 2.24) is 10.5 Å². The molecule has 0 bridgehead atoms. The van der Waals surface area contributed by atoms with E-state index in [1.165, 1.54) is 12.1 Å². The first kappa shape index (κ1) is 18.4. The van der Waals surface area contributed by atoms with Crippen LogP contribution in [-0.4, -0.2) is 35.4 Å². The topological polar surface area (TPSA) is 84.6 Å².